The predicted molar refractivity (Wildman–Crippen MR) is 205 cm³/mol. The van der Waals surface area contributed by atoms with E-state index in [9.17, 15) is 18.0 Å². The molecule has 1 amide bonds. The lowest BCUT2D eigenvalue weighted by Crippen LogP contribution is -2.56. The van der Waals surface area contributed by atoms with Gasteiger partial charge in [0.2, 0.25) is 0 Å². The van der Waals surface area contributed by atoms with Crippen LogP contribution in [0.5, 0.6) is 0 Å². The van der Waals surface area contributed by atoms with E-state index in [1.165, 1.54) is 17.2 Å². The zero-order valence-corrected chi connectivity index (χ0v) is 31.3. The number of carboxylic acid groups (broad SMARTS) is 1. The first-order chi connectivity index (χ1) is 26.3. The number of carbonyl (C=O) groups excluding carboxylic acids is 2. The molecule has 0 bridgehead atoms. The van der Waals surface area contributed by atoms with Gasteiger partial charge in [-0.2, -0.15) is 13.2 Å². The Morgan fingerprint density at radius 1 is 0.873 bits per heavy atom. The minimum Gasteiger partial charge on any atom is -0.542 e. The average molecular weight is 760 g/mol. The van der Waals surface area contributed by atoms with Gasteiger partial charge in [0.15, 0.2) is 0 Å². The van der Waals surface area contributed by atoms with Gasteiger partial charge in [0.1, 0.15) is 11.8 Å². The number of amides is 1. The lowest BCUT2D eigenvalue weighted by molar-refractivity contribution is -0.908. The molecule has 6 rings (SSSR count). The van der Waals surface area contributed by atoms with Gasteiger partial charge in [-0.05, 0) is 71.1 Å². The Kier molecular flexibility index (Phi) is 14.4. The van der Waals surface area contributed by atoms with Crippen molar-refractivity contribution in [3.8, 4) is 11.1 Å². The monoisotopic (exact) mass is 759 g/mol. The zero-order chi connectivity index (χ0) is 39.4. The first-order valence-electron chi connectivity index (χ1n) is 18.5. The quantitative estimate of drug-likeness (QED) is 0.156. The highest BCUT2D eigenvalue weighted by atomic mass is 19.4. The number of carboxylic acids is 1. The van der Waals surface area contributed by atoms with Gasteiger partial charge in [-0.25, -0.2) is 4.39 Å². The van der Waals surface area contributed by atoms with Crippen molar-refractivity contribution < 1.29 is 36.7 Å². The van der Waals surface area contributed by atoms with E-state index in [1.807, 2.05) is 42.5 Å². The van der Waals surface area contributed by atoms with E-state index < -0.39 is 12.1 Å². The summed E-state index contributed by atoms with van der Waals surface area (Å²) < 4.78 is 47.6. The molecule has 2 heterocycles. The maximum atomic E-state index is 15.0. The number of nitrogens with zero attached hydrogens (tertiary/aromatic N) is 3. The molecule has 2 N–H and O–H groups in total. The summed E-state index contributed by atoms with van der Waals surface area (Å²) in [6.45, 7) is 12.5. The lowest BCUT2D eigenvalue weighted by atomic mass is 10.00. The van der Waals surface area contributed by atoms with Crippen LogP contribution in [0.1, 0.15) is 39.5 Å². The Morgan fingerprint density at radius 2 is 1.55 bits per heavy atom. The summed E-state index contributed by atoms with van der Waals surface area (Å²) in [6, 6.07) is 32.1. The molecule has 2 aliphatic heterocycles. The molecular formula is C43H49F4N5O3. The summed E-state index contributed by atoms with van der Waals surface area (Å²) in [7, 11) is 2.34. The normalized spacial score (nSPS) is 17.7. The number of quaternary nitrogens is 1. The number of rotatable bonds is 11. The number of piperazine rings is 2. The zero-order valence-electron chi connectivity index (χ0n) is 31.3. The lowest BCUT2D eigenvalue weighted by Gasteiger charge is -2.41. The maximum absolute atomic E-state index is 15.0. The second-order valence-electron chi connectivity index (χ2n) is 14.6. The first kappa shape index (κ1) is 41.3. The van der Waals surface area contributed by atoms with Gasteiger partial charge in [0.05, 0.1) is 26.7 Å². The van der Waals surface area contributed by atoms with Crippen LogP contribution in [-0.2, 0) is 24.4 Å². The summed E-state index contributed by atoms with van der Waals surface area (Å²) >= 11 is 0. The van der Waals surface area contributed by atoms with E-state index in [2.05, 4.69) is 89.0 Å². The third kappa shape index (κ3) is 12.9. The van der Waals surface area contributed by atoms with Gasteiger partial charge in [-0.1, -0.05) is 72.8 Å². The molecule has 292 valence electrons. The maximum Gasteiger partial charge on any atom is 0.430 e. The molecule has 8 nitrogen and oxygen atoms in total. The fraction of sp³-hybridized carbons (Fsp3) is 0.349. The molecule has 4 aromatic carbocycles. The van der Waals surface area contributed by atoms with Gasteiger partial charge in [-0.15, -0.1) is 0 Å². The van der Waals surface area contributed by atoms with Crippen LogP contribution in [0.2, 0.25) is 0 Å². The number of likely N-dealkylation sites (N-methyl/N-ethyl adjacent to an activating group) is 1. The molecule has 2 saturated heterocycles. The van der Waals surface area contributed by atoms with Crippen LogP contribution in [0, 0.1) is 5.82 Å². The first-order valence-corrected chi connectivity index (χ1v) is 18.5. The number of halogens is 4. The van der Waals surface area contributed by atoms with Crippen molar-refractivity contribution in [3.05, 3.63) is 137 Å². The smallest absolute Gasteiger partial charge is 0.430 e. The van der Waals surface area contributed by atoms with Gasteiger partial charge in [0.25, 0.3) is 5.91 Å². The minimum absolute atomic E-state index is 0.122. The second-order valence-corrected chi connectivity index (χ2v) is 14.6. The van der Waals surface area contributed by atoms with Crippen molar-refractivity contribution in [1.82, 2.24) is 20.4 Å². The molecule has 2 aliphatic rings. The third-order valence-corrected chi connectivity index (χ3v) is 9.98. The Hall–Kier alpha value is -4.88. The van der Waals surface area contributed by atoms with Crippen LogP contribution in [0.4, 0.5) is 17.6 Å². The topological polar surface area (TPSA) is 87.7 Å². The number of benzene rings is 4. The van der Waals surface area contributed by atoms with E-state index in [0.717, 1.165) is 86.6 Å². The van der Waals surface area contributed by atoms with E-state index in [4.69, 9.17) is 9.90 Å². The molecule has 4 aromatic rings. The summed E-state index contributed by atoms with van der Waals surface area (Å²) in [5.74, 6) is -3.39. The van der Waals surface area contributed by atoms with E-state index in [0.29, 0.717) is 23.7 Å². The van der Waals surface area contributed by atoms with Crippen molar-refractivity contribution >= 4 is 18.0 Å². The average Bonchev–Trinajstić information content (AvgIpc) is 3.16. The highest BCUT2D eigenvalue weighted by molar-refractivity contribution is 5.94. The highest BCUT2D eigenvalue weighted by Gasteiger charge is 2.29. The molecule has 0 saturated carbocycles. The van der Waals surface area contributed by atoms with Crippen molar-refractivity contribution in [3.63, 3.8) is 0 Å². The van der Waals surface area contributed by atoms with E-state index >= 15 is 4.39 Å². The number of alkyl halides is 3. The van der Waals surface area contributed by atoms with Crippen molar-refractivity contribution in [2.24, 2.45) is 0 Å². The molecule has 0 aliphatic carbocycles. The summed E-state index contributed by atoms with van der Waals surface area (Å²) in [5, 5.41) is 15.3. The van der Waals surface area contributed by atoms with Crippen LogP contribution in [-0.4, -0.2) is 97.8 Å². The van der Waals surface area contributed by atoms with Gasteiger partial charge < -0.3 is 25.0 Å². The van der Waals surface area contributed by atoms with Crippen molar-refractivity contribution in [2.45, 2.75) is 38.8 Å². The number of aliphatic carboxylic acids is 1. The molecule has 12 heteroatoms. The van der Waals surface area contributed by atoms with Crippen molar-refractivity contribution in [2.75, 3.05) is 59.4 Å². The minimum atomic E-state index is -5.19. The second kappa shape index (κ2) is 19.1. The van der Waals surface area contributed by atoms with Crippen LogP contribution in [0.15, 0.2) is 103 Å². The number of hydrogen-bond donors (Lipinski definition) is 2. The van der Waals surface area contributed by atoms with Crippen LogP contribution >= 0.6 is 0 Å². The van der Waals surface area contributed by atoms with Gasteiger partial charge >= 0.3 is 6.18 Å². The number of hydrogen-bond acceptors (Lipinski definition) is 6. The van der Waals surface area contributed by atoms with Gasteiger partial charge in [-0.3, -0.25) is 14.6 Å². The summed E-state index contributed by atoms with van der Waals surface area (Å²) in [6.07, 6.45) is -0.678. The molecule has 55 heavy (non-hydrogen) atoms. The Bertz CT molecular complexity index is 1910. The molecular weight excluding hydrogens is 710 g/mol. The van der Waals surface area contributed by atoms with Crippen molar-refractivity contribution in [1.29, 1.82) is 0 Å². The Balaban J connectivity index is 0.000000757. The molecule has 0 aromatic heterocycles. The Morgan fingerprint density at radius 3 is 2.24 bits per heavy atom. The SMILES string of the molecule is C[C@H]1CN(Cc2cccc(-c3cc(CNC(=O)c4cccc(CN5CC[N+](C)(C/C=C/c6ccccc6)CC5)c4)ccc3F)c2)CCN1.O=C([O-])C(F)(F)F. The molecule has 0 radical (unpaired) electrons. The van der Waals surface area contributed by atoms with Crippen LogP contribution in [0.25, 0.3) is 17.2 Å². The van der Waals surface area contributed by atoms with E-state index in [1.54, 1.807) is 6.07 Å². The molecule has 1 atom stereocenters. The number of nitrogens with one attached hydrogen (secondary N) is 2. The molecule has 2 fully saturated rings. The fourth-order valence-electron chi connectivity index (χ4n) is 6.85. The molecule has 0 spiro atoms. The number of carbonyl (C=O) groups is 2. The van der Waals surface area contributed by atoms with Gasteiger partial charge in [0, 0.05) is 69.5 Å². The van der Waals surface area contributed by atoms with Crippen LogP contribution in [0.3, 0.4) is 0 Å². The van der Waals surface area contributed by atoms with Crippen LogP contribution < -0.4 is 15.7 Å². The summed E-state index contributed by atoms with van der Waals surface area (Å²) in [4.78, 5) is 26.9. The predicted octanol–water partition coefficient (Wildman–Crippen LogP) is 5.49. The van der Waals surface area contributed by atoms with E-state index in [-0.39, 0.29) is 11.7 Å². The standard InChI is InChI=1S/C41H48FN5O.C2HF3O2/c1-32-29-46(19-18-43-32)31-35-11-6-14-37(25-35)39-27-34(16-17-40(39)42)28-44-41(48)38-15-7-12-36(26-38)30-45-20-23-47(2,24-21-45)22-8-13-33-9-4-3-5-10-33;3-2(4,5)1(6)7/h3-17,25-27,32,43H,18-24,28-31H2,1-2H3;(H,6,7)/b13-8+;/t32-;/m0./s1. The highest BCUT2D eigenvalue weighted by Crippen LogP contribution is 2.26. The molecule has 0 unspecified atom stereocenters. The third-order valence-electron chi connectivity index (χ3n) is 9.98. The summed E-state index contributed by atoms with van der Waals surface area (Å²) in [5.41, 5.74) is 6.48. The fourth-order valence-corrected chi connectivity index (χ4v) is 6.85. The Labute approximate surface area is 320 Å². The largest absolute Gasteiger partial charge is 0.542 e.